The van der Waals surface area contributed by atoms with E-state index in [4.69, 9.17) is 5.11 Å². The number of nitrogens with zero attached hydrogens (tertiary/aromatic N) is 2. The average Bonchev–Trinajstić information content (AvgIpc) is 2.74. The quantitative estimate of drug-likeness (QED) is 0.618. The van der Waals surface area contributed by atoms with Gasteiger partial charge in [-0.05, 0) is 31.5 Å². The van der Waals surface area contributed by atoms with Gasteiger partial charge < -0.3 is 15.1 Å². The van der Waals surface area contributed by atoms with Crippen molar-refractivity contribution in [3.8, 4) is 6.07 Å². The monoisotopic (exact) mass is 356 g/mol. The third kappa shape index (κ3) is 2.87. The number of carbonyl (C=O) groups is 2. The Kier molecular flexibility index (Phi) is 5.38. The van der Waals surface area contributed by atoms with E-state index in [-0.39, 0.29) is 51.1 Å². The Morgan fingerprint density at radius 1 is 1.38 bits per heavy atom. The van der Waals surface area contributed by atoms with E-state index >= 15 is 0 Å². The van der Waals surface area contributed by atoms with E-state index in [1.165, 1.54) is 36.0 Å². The molecule has 1 amide bonds. The molecule has 24 heavy (non-hydrogen) atoms. The number of carbonyl (C=O) groups excluding carboxylic acids is 1. The fraction of sp³-hybridized carbons (Fsp3) is 0.438. The number of hydrogen-bond acceptors (Lipinski definition) is 5. The Bertz CT molecular complexity index is 716. The van der Waals surface area contributed by atoms with Crippen molar-refractivity contribution >= 4 is 53.2 Å². The Balaban J connectivity index is 0.00000208. The number of aliphatic hydroxyl groups excluding tert-OH is 1. The van der Waals surface area contributed by atoms with Gasteiger partial charge in [-0.2, -0.15) is 5.26 Å². The number of carboxylic acid groups (broad SMARTS) is 1. The molecule has 0 saturated carbocycles. The third-order valence-corrected chi connectivity index (χ3v) is 6.04. The molecule has 0 bridgehead atoms. The average molecular weight is 356 g/mol. The zero-order valence-corrected chi connectivity index (χ0v) is 13.4. The zero-order chi connectivity index (χ0) is 16.9. The van der Waals surface area contributed by atoms with E-state index in [9.17, 15) is 20.0 Å². The molecule has 122 valence electrons. The van der Waals surface area contributed by atoms with Crippen LogP contribution in [0.3, 0.4) is 0 Å². The molecule has 2 N–H and O–H groups in total. The summed E-state index contributed by atoms with van der Waals surface area (Å²) in [5, 5.41) is 28.5. The number of aliphatic hydroxyl groups is 1. The van der Waals surface area contributed by atoms with Crippen molar-refractivity contribution in [1.29, 1.82) is 5.26 Å². The molecule has 0 aromatic heterocycles. The molecule has 2 aliphatic heterocycles. The van der Waals surface area contributed by atoms with E-state index < -0.39 is 24.0 Å². The van der Waals surface area contributed by atoms with Gasteiger partial charge in [-0.3, -0.25) is 4.79 Å². The maximum absolute atomic E-state index is 12.4. The summed E-state index contributed by atoms with van der Waals surface area (Å²) in [7, 11) is 0. The minimum atomic E-state index is -1.04. The van der Waals surface area contributed by atoms with E-state index in [0.29, 0.717) is 5.56 Å². The normalized spacial score (nSPS) is 28.2. The van der Waals surface area contributed by atoms with Crippen LogP contribution in [0.2, 0.25) is 0 Å². The molecule has 2 aliphatic rings. The number of benzene rings is 1. The summed E-state index contributed by atoms with van der Waals surface area (Å²) in [5.41, 5.74) is 0.634. The Morgan fingerprint density at radius 3 is 2.46 bits per heavy atom. The van der Waals surface area contributed by atoms with Crippen LogP contribution in [0.4, 0.5) is 0 Å². The first-order chi connectivity index (χ1) is 10.8. The number of nitriles is 1. The molecule has 2 saturated heterocycles. The number of aromatic carboxylic acids is 1. The summed E-state index contributed by atoms with van der Waals surface area (Å²) in [6, 6.07) is 7.54. The summed E-state index contributed by atoms with van der Waals surface area (Å²) in [6.07, 6.45) is -1.01. The number of fused-ring (bicyclic) bond motifs is 1. The number of β-lactam (4-membered cyclic amide) rings is 1. The van der Waals surface area contributed by atoms with E-state index in [1.807, 2.05) is 13.8 Å². The van der Waals surface area contributed by atoms with E-state index in [2.05, 4.69) is 6.07 Å². The number of carboxylic acids is 1. The molecule has 4 atom stereocenters. The SMILES string of the molecule is CC1(C)S[C@@H]2[C@@H](C(O)c3ccc(C(=O)O)cc3)C(=O)N2[C@H]1C#N.[NaH]. The summed E-state index contributed by atoms with van der Waals surface area (Å²) in [4.78, 5) is 24.8. The topological polar surface area (TPSA) is 102 Å². The molecule has 0 radical (unpaired) electrons. The van der Waals surface area contributed by atoms with Crippen molar-refractivity contribution in [1.82, 2.24) is 4.90 Å². The second-order valence-electron chi connectivity index (χ2n) is 6.29. The van der Waals surface area contributed by atoms with Crippen molar-refractivity contribution in [3.63, 3.8) is 0 Å². The molecule has 2 fully saturated rings. The van der Waals surface area contributed by atoms with Crippen LogP contribution in [0.5, 0.6) is 0 Å². The van der Waals surface area contributed by atoms with Crippen LogP contribution in [0.25, 0.3) is 0 Å². The van der Waals surface area contributed by atoms with E-state index in [0.717, 1.165) is 0 Å². The fourth-order valence-electron chi connectivity index (χ4n) is 3.16. The zero-order valence-electron chi connectivity index (χ0n) is 12.6. The maximum atomic E-state index is 12.4. The molecule has 1 aromatic carbocycles. The van der Waals surface area contributed by atoms with Gasteiger partial charge in [0.1, 0.15) is 6.04 Å². The predicted molar refractivity (Wildman–Crippen MR) is 90.7 cm³/mol. The Hall–Kier alpha value is -1.04. The first-order valence-electron chi connectivity index (χ1n) is 7.19. The number of thioether (sulfide) groups is 1. The molecule has 0 spiro atoms. The van der Waals surface area contributed by atoms with Gasteiger partial charge in [0, 0.05) is 4.75 Å². The Morgan fingerprint density at radius 2 is 1.96 bits per heavy atom. The fourth-order valence-corrected chi connectivity index (χ4v) is 4.83. The molecule has 6 nitrogen and oxygen atoms in total. The van der Waals surface area contributed by atoms with Gasteiger partial charge in [-0.1, -0.05) is 12.1 Å². The van der Waals surface area contributed by atoms with Crippen LogP contribution in [0.15, 0.2) is 24.3 Å². The van der Waals surface area contributed by atoms with Gasteiger partial charge in [0.2, 0.25) is 5.91 Å². The van der Waals surface area contributed by atoms with Gasteiger partial charge >= 0.3 is 35.5 Å². The van der Waals surface area contributed by atoms with Gasteiger partial charge in [0.25, 0.3) is 0 Å². The molecule has 0 aliphatic carbocycles. The van der Waals surface area contributed by atoms with Crippen LogP contribution in [0.1, 0.15) is 35.9 Å². The predicted octanol–water partition coefficient (Wildman–Crippen LogP) is 0.972. The molecule has 8 heteroatoms. The van der Waals surface area contributed by atoms with Crippen LogP contribution in [0, 0.1) is 17.2 Å². The van der Waals surface area contributed by atoms with Crippen molar-refractivity contribution in [3.05, 3.63) is 35.4 Å². The van der Waals surface area contributed by atoms with Crippen molar-refractivity contribution in [2.45, 2.75) is 36.1 Å². The molecule has 3 rings (SSSR count). The van der Waals surface area contributed by atoms with Crippen LogP contribution >= 0.6 is 11.8 Å². The number of hydrogen-bond donors (Lipinski definition) is 2. The van der Waals surface area contributed by atoms with Crippen molar-refractivity contribution in [2.75, 3.05) is 0 Å². The molecule has 1 aromatic rings. The summed E-state index contributed by atoms with van der Waals surface area (Å²) < 4.78 is -0.378. The Labute approximate surface area is 166 Å². The third-order valence-electron chi connectivity index (χ3n) is 4.44. The van der Waals surface area contributed by atoms with E-state index in [1.54, 1.807) is 4.90 Å². The second-order valence-corrected chi connectivity index (χ2v) is 8.06. The van der Waals surface area contributed by atoms with Crippen LogP contribution in [-0.2, 0) is 4.79 Å². The van der Waals surface area contributed by atoms with Crippen LogP contribution in [-0.4, -0.2) is 72.7 Å². The summed E-state index contributed by atoms with van der Waals surface area (Å²) >= 11 is 1.52. The first-order valence-corrected chi connectivity index (χ1v) is 8.07. The summed E-state index contributed by atoms with van der Waals surface area (Å²) in [5.74, 6) is -1.87. The molecule has 1 unspecified atom stereocenters. The molecular formula is C16H17N2NaO4S. The minimum absolute atomic E-state index is 0. The molecular weight excluding hydrogens is 339 g/mol. The number of amides is 1. The second kappa shape index (κ2) is 6.70. The van der Waals surface area contributed by atoms with Crippen LogP contribution < -0.4 is 0 Å². The van der Waals surface area contributed by atoms with Crippen molar-refractivity contribution in [2.24, 2.45) is 5.92 Å². The summed E-state index contributed by atoms with van der Waals surface area (Å²) in [6.45, 7) is 3.84. The van der Waals surface area contributed by atoms with Crippen molar-refractivity contribution < 1.29 is 19.8 Å². The number of rotatable bonds is 3. The molecule has 2 heterocycles. The first kappa shape index (κ1) is 19.3. The van der Waals surface area contributed by atoms with Gasteiger partial charge in [0.05, 0.1) is 29.0 Å². The standard InChI is InChI=1S/C16H16N2O4S.Na.H/c1-16(2)10(7-17)18-13(20)11(14(18)23-16)12(19)8-3-5-9(6-4-8)15(21)22;;/h3-6,10-12,14,19H,1-2H3,(H,21,22);;/t10-,11-,12?,14+;;/m0../s1. The van der Waals surface area contributed by atoms with Gasteiger partial charge in [-0.25, -0.2) is 4.79 Å². The van der Waals surface area contributed by atoms with Gasteiger partial charge in [0.15, 0.2) is 0 Å². The van der Waals surface area contributed by atoms with Gasteiger partial charge in [-0.15, -0.1) is 11.8 Å².